The van der Waals surface area contributed by atoms with Gasteiger partial charge in [-0.1, -0.05) is 0 Å². The topological polar surface area (TPSA) is 96.2 Å². The minimum atomic E-state index is -0.528. The zero-order valence-electron chi connectivity index (χ0n) is 13.3. The molecule has 1 aliphatic carbocycles. The Bertz CT molecular complexity index is 779. The SMILES string of the molecule is CN(C)c1ccc(Nc2ncc([N+](=O)[O-])c(NC3CC3)n2)cc1F. The summed E-state index contributed by atoms with van der Waals surface area (Å²) >= 11 is 0. The van der Waals surface area contributed by atoms with Gasteiger partial charge in [0.1, 0.15) is 12.0 Å². The van der Waals surface area contributed by atoms with E-state index >= 15 is 0 Å². The van der Waals surface area contributed by atoms with E-state index < -0.39 is 4.92 Å². The summed E-state index contributed by atoms with van der Waals surface area (Å²) in [5, 5.41) is 16.9. The lowest BCUT2D eigenvalue weighted by Crippen LogP contribution is -2.11. The van der Waals surface area contributed by atoms with Gasteiger partial charge < -0.3 is 15.5 Å². The van der Waals surface area contributed by atoms with Gasteiger partial charge >= 0.3 is 5.69 Å². The lowest BCUT2D eigenvalue weighted by Gasteiger charge is -2.14. The lowest BCUT2D eigenvalue weighted by atomic mass is 10.2. The molecule has 2 aromatic rings. The summed E-state index contributed by atoms with van der Waals surface area (Å²) in [6.07, 6.45) is 3.06. The average Bonchev–Trinajstić information content (AvgIpc) is 3.31. The second kappa shape index (κ2) is 6.26. The van der Waals surface area contributed by atoms with Crippen molar-refractivity contribution in [1.82, 2.24) is 9.97 Å². The number of benzene rings is 1. The van der Waals surface area contributed by atoms with E-state index in [0.29, 0.717) is 11.4 Å². The first-order valence-electron chi connectivity index (χ1n) is 7.46. The Labute approximate surface area is 137 Å². The van der Waals surface area contributed by atoms with Crippen molar-refractivity contribution < 1.29 is 9.31 Å². The fourth-order valence-corrected chi connectivity index (χ4v) is 2.17. The second-order valence-corrected chi connectivity index (χ2v) is 5.79. The predicted octanol–water partition coefficient (Wildman–Crippen LogP) is 2.91. The van der Waals surface area contributed by atoms with Crippen LogP contribution in [0.2, 0.25) is 0 Å². The molecule has 8 nitrogen and oxygen atoms in total. The third-order valence-corrected chi connectivity index (χ3v) is 3.57. The van der Waals surface area contributed by atoms with E-state index in [4.69, 9.17) is 0 Å². The monoisotopic (exact) mass is 332 g/mol. The number of halogens is 1. The maximum atomic E-state index is 14.0. The molecule has 0 atom stereocenters. The van der Waals surface area contributed by atoms with Crippen molar-refractivity contribution in [3.05, 3.63) is 40.3 Å². The Kier molecular flexibility index (Phi) is 4.15. The number of rotatable bonds is 6. The molecular formula is C15H17FN6O2. The number of nitrogens with one attached hydrogen (secondary N) is 2. The van der Waals surface area contributed by atoms with Gasteiger partial charge in [-0.15, -0.1) is 0 Å². The quantitative estimate of drug-likeness (QED) is 0.620. The summed E-state index contributed by atoms with van der Waals surface area (Å²) in [6.45, 7) is 0. The van der Waals surface area contributed by atoms with E-state index in [2.05, 4.69) is 20.6 Å². The van der Waals surface area contributed by atoms with Crippen molar-refractivity contribution in [2.24, 2.45) is 0 Å². The first-order chi connectivity index (χ1) is 11.4. The molecule has 24 heavy (non-hydrogen) atoms. The molecule has 0 amide bonds. The summed E-state index contributed by atoms with van der Waals surface area (Å²) in [4.78, 5) is 20.3. The van der Waals surface area contributed by atoms with Gasteiger partial charge in [-0.25, -0.2) is 9.37 Å². The molecule has 0 radical (unpaired) electrons. The Balaban J connectivity index is 1.84. The van der Waals surface area contributed by atoms with Crippen molar-refractivity contribution in [3.63, 3.8) is 0 Å². The number of nitro groups is 1. The summed E-state index contributed by atoms with van der Waals surface area (Å²) in [6, 6.07) is 4.86. The zero-order chi connectivity index (χ0) is 17.3. The van der Waals surface area contributed by atoms with Crippen molar-refractivity contribution in [2.75, 3.05) is 29.6 Å². The fraction of sp³-hybridized carbons (Fsp3) is 0.333. The normalized spacial score (nSPS) is 13.5. The molecule has 3 rings (SSSR count). The van der Waals surface area contributed by atoms with Crippen LogP contribution in [0.4, 0.5) is 33.2 Å². The molecule has 2 N–H and O–H groups in total. The molecule has 1 aromatic carbocycles. The highest BCUT2D eigenvalue weighted by Crippen LogP contribution is 2.30. The minimum absolute atomic E-state index is 0.167. The van der Waals surface area contributed by atoms with Crippen molar-refractivity contribution in [2.45, 2.75) is 18.9 Å². The maximum Gasteiger partial charge on any atom is 0.329 e. The number of aromatic nitrogens is 2. The molecule has 0 bridgehead atoms. The smallest absolute Gasteiger partial charge is 0.329 e. The highest BCUT2D eigenvalue weighted by molar-refractivity contribution is 5.63. The molecule has 1 aliphatic rings. The summed E-state index contributed by atoms with van der Waals surface area (Å²) in [5.41, 5.74) is 0.743. The van der Waals surface area contributed by atoms with Crippen LogP contribution in [0.1, 0.15) is 12.8 Å². The van der Waals surface area contributed by atoms with E-state index in [1.165, 1.54) is 6.07 Å². The Morgan fingerprint density at radius 3 is 2.71 bits per heavy atom. The number of hydrogen-bond acceptors (Lipinski definition) is 7. The lowest BCUT2D eigenvalue weighted by molar-refractivity contribution is -0.384. The van der Waals surface area contributed by atoms with E-state index in [1.807, 2.05) is 0 Å². The fourth-order valence-electron chi connectivity index (χ4n) is 2.17. The second-order valence-electron chi connectivity index (χ2n) is 5.79. The van der Waals surface area contributed by atoms with Gasteiger partial charge in [0.05, 0.1) is 10.6 Å². The van der Waals surface area contributed by atoms with Gasteiger partial charge in [-0.2, -0.15) is 4.98 Å². The van der Waals surface area contributed by atoms with Crippen LogP contribution in [-0.4, -0.2) is 35.0 Å². The molecule has 1 fully saturated rings. The van der Waals surface area contributed by atoms with Crippen LogP contribution in [0.3, 0.4) is 0 Å². The average molecular weight is 332 g/mol. The Hall–Kier alpha value is -2.97. The zero-order valence-corrected chi connectivity index (χ0v) is 13.3. The largest absolute Gasteiger partial charge is 0.375 e. The molecule has 0 unspecified atom stereocenters. The first-order valence-corrected chi connectivity index (χ1v) is 7.46. The minimum Gasteiger partial charge on any atom is -0.375 e. The highest BCUT2D eigenvalue weighted by atomic mass is 19.1. The van der Waals surface area contributed by atoms with Gasteiger partial charge in [0, 0.05) is 25.8 Å². The standard InChI is InChI=1S/C15H17FN6O2/c1-21(2)12-6-5-10(7-11(12)16)19-15-17-8-13(22(23)24)14(20-15)18-9-3-4-9/h5-9H,3-4H2,1-2H3,(H2,17,18,19,20). The summed E-state index contributed by atoms with van der Waals surface area (Å²) in [7, 11) is 3.50. The molecule has 9 heteroatoms. The molecule has 126 valence electrons. The van der Waals surface area contributed by atoms with E-state index in [-0.39, 0.29) is 29.3 Å². The van der Waals surface area contributed by atoms with Gasteiger partial charge in [0.2, 0.25) is 11.8 Å². The van der Waals surface area contributed by atoms with Crippen LogP contribution in [0.25, 0.3) is 0 Å². The van der Waals surface area contributed by atoms with E-state index in [0.717, 1.165) is 19.0 Å². The number of hydrogen-bond donors (Lipinski definition) is 2. The highest BCUT2D eigenvalue weighted by Gasteiger charge is 2.26. The molecule has 1 aromatic heterocycles. The third kappa shape index (κ3) is 3.50. The van der Waals surface area contributed by atoms with Crippen molar-refractivity contribution in [3.8, 4) is 0 Å². The van der Waals surface area contributed by atoms with Crippen LogP contribution >= 0.6 is 0 Å². The van der Waals surface area contributed by atoms with Crippen LogP contribution in [0, 0.1) is 15.9 Å². The van der Waals surface area contributed by atoms with Crippen LogP contribution in [-0.2, 0) is 0 Å². The number of anilines is 4. The molecule has 0 saturated heterocycles. The molecule has 0 spiro atoms. The maximum absolute atomic E-state index is 14.0. The number of nitrogens with zero attached hydrogens (tertiary/aromatic N) is 4. The molecule has 0 aliphatic heterocycles. The first kappa shape index (κ1) is 15.9. The van der Waals surface area contributed by atoms with Crippen molar-refractivity contribution >= 4 is 28.8 Å². The summed E-state index contributed by atoms with van der Waals surface area (Å²) in [5.74, 6) is -0.0469. The third-order valence-electron chi connectivity index (χ3n) is 3.57. The van der Waals surface area contributed by atoms with Crippen LogP contribution in [0.5, 0.6) is 0 Å². The van der Waals surface area contributed by atoms with E-state index in [1.54, 1.807) is 31.1 Å². The Morgan fingerprint density at radius 2 is 2.12 bits per heavy atom. The molecular weight excluding hydrogens is 315 g/mol. The van der Waals surface area contributed by atoms with E-state index in [9.17, 15) is 14.5 Å². The van der Waals surface area contributed by atoms with Crippen LogP contribution < -0.4 is 15.5 Å². The van der Waals surface area contributed by atoms with Crippen molar-refractivity contribution in [1.29, 1.82) is 0 Å². The van der Waals surface area contributed by atoms with Gasteiger partial charge in [-0.05, 0) is 31.0 Å². The molecule has 1 heterocycles. The molecule has 1 saturated carbocycles. The van der Waals surface area contributed by atoms with Crippen LogP contribution in [0.15, 0.2) is 24.4 Å². The van der Waals surface area contributed by atoms with Gasteiger partial charge in [0.25, 0.3) is 0 Å². The van der Waals surface area contributed by atoms with Gasteiger partial charge in [-0.3, -0.25) is 10.1 Å². The predicted molar refractivity (Wildman–Crippen MR) is 89.3 cm³/mol. The Morgan fingerprint density at radius 1 is 1.38 bits per heavy atom. The van der Waals surface area contributed by atoms with Gasteiger partial charge in [0.15, 0.2) is 0 Å². The summed E-state index contributed by atoms with van der Waals surface area (Å²) < 4.78 is 14.0.